The third-order valence-corrected chi connectivity index (χ3v) is 3.90. The average molecular weight is 282 g/mol. The van der Waals surface area contributed by atoms with Crippen molar-refractivity contribution >= 4 is 27.9 Å². The first kappa shape index (κ1) is 11.6. The second kappa shape index (κ2) is 4.58. The normalized spacial score (nSPS) is 16.9. The SMILES string of the molecule is CC(C1CC1)N(C)c1ccc(Br)cc1C=O. The number of hydrogen-bond donors (Lipinski definition) is 0. The van der Waals surface area contributed by atoms with Crippen molar-refractivity contribution in [1.82, 2.24) is 0 Å². The van der Waals surface area contributed by atoms with E-state index in [4.69, 9.17) is 0 Å². The molecule has 2 rings (SSSR count). The summed E-state index contributed by atoms with van der Waals surface area (Å²) in [4.78, 5) is 13.3. The summed E-state index contributed by atoms with van der Waals surface area (Å²) in [7, 11) is 2.07. The molecule has 0 aromatic heterocycles. The van der Waals surface area contributed by atoms with E-state index in [9.17, 15) is 4.79 Å². The van der Waals surface area contributed by atoms with Crippen molar-refractivity contribution in [2.75, 3.05) is 11.9 Å². The molecule has 1 saturated carbocycles. The second-order valence-electron chi connectivity index (χ2n) is 4.51. The molecule has 16 heavy (non-hydrogen) atoms. The van der Waals surface area contributed by atoms with Gasteiger partial charge >= 0.3 is 0 Å². The van der Waals surface area contributed by atoms with Crippen LogP contribution < -0.4 is 4.90 Å². The highest BCUT2D eigenvalue weighted by molar-refractivity contribution is 9.10. The minimum atomic E-state index is 0.514. The van der Waals surface area contributed by atoms with E-state index >= 15 is 0 Å². The maximum atomic E-state index is 11.0. The first-order valence-electron chi connectivity index (χ1n) is 5.61. The van der Waals surface area contributed by atoms with Gasteiger partial charge in [-0.15, -0.1) is 0 Å². The number of halogens is 1. The number of hydrogen-bond acceptors (Lipinski definition) is 2. The number of rotatable bonds is 4. The molecular weight excluding hydrogens is 266 g/mol. The van der Waals surface area contributed by atoms with Gasteiger partial charge in [-0.1, -0.05) is 15.9 Å². The van der Waals surface area contributed by atoms with Gasteiger partial charge in [0.1, 0.15) is 0 Å². The topological polar surface area (TPSA) is 20.3 Å². The second-order valence-corrected chi connectivity index (χ2v) is 5.43. The Morgan fingerprint density at radius 3 is 2.75 bits per heavy atom. The summed E-state index contributed by atoms with van der Waals surface area (Å²) in [5.74, 6) is 0.799. The van der Waals surface area contributed by atoms with Crippen LogP contribution in [0.3, 0.4) is 0 Å². The number of benzene rings is 1. The van der Waals surface area contributed by atoms with E-state index in [1.807, 2.05) is 18.2 Å². The Labute approximate surface area is 105 Å². The maximum Gasteiger partial charge on any atom is 0.152 e. The number of aldehydes is 1. The molecule has 1 aliphatic carbocycles. The molecule has 0 spiro atoms. The maximum absolute atomic E-state index is 11.0. The van der Waals surface area contributed by atoms with Gasteiger partial charge in [-0.05, 0) is 43.9 Å². The summed E-state index contributed by atoms with van der Waals surface area (Å²) in [6, 6.07) is 6.38. The zero-order chi connectivity index (χ0) is 11.7. The van der Waals surface area contributed by atoms with E-state index in [1.165, 1.54) is 12.8 Å². The summed E-state index contributed by atoms with van der Waals surface area (Å²) in [5, 5.41) is 0. The summed E-state index contributed by atoms with van der Waals surface area (Å²) in [5.41, 5.74) is 1.78. The van der Waals surface area contributed by atoms with E-state index in [2.05, 4.69) is 34.8 Å². The molecule has 0 saturated heterocycles. The van der Waals surface area contributed by atoms with Gasteiger partial charge in [0.2, 0.25) is 0 Å². The van der Waals surface area contributed by atoms with Crippen LogP contribution in [0.1, 0.15) is 30.1 Å². The Morgan fingerprint density at radius 2 is 2.19 bits per heavy atom. The summed E-state index contributed by atoms with van der Waals surface area (Å²) in [6.45, 7) is 2.23. The highest BCUT2D eigenvalue weighted by Crippen LogP contribution is 2.37. The fourth-order valence-corrected chi connectivity index (χ4v) is 2.43. The first-order chi connectivity index (χ1) is 7.63. The van der Waals surface area contributed by atoms with Gasteiger partial charge in [0.05, 0.1) is 0 Å². The number of nitrogens with zero attached hydrogens (tertiary/aromatic N) is 1. The third kappa shape index (κ3) is 2.29. The van der Waals surface area contributed by atoms with Crippen LogP contribution in [0.15, 0.2) is 22.7 Å². The van der Waals surface area contributed by atoms with Crippen molar-refractivity contribution in [3.05, 3.63) is 28.2 Å². The summed E-state index contributed by atoms with van der Waals surface area (Å²) >= 11 is 3.39. The quantitative estimate of drug-likeness (QED) is 0.788. The molecule has 0 aliphatic heterocycles. The Hall–Kier alpha value is -0.830. The van der Waals surface area contributed by atoms with Crippen LogP contribution in [0.2, 0.25) is 0 Å². The van der Waals surface area contributed by atoms with Crippen molar-refractivity contribution in [2.24, 2.45) is 5.92 Å². The van der Waals surface area contributed by atoms with Gasteiger partial charge in [0.15, 0.2) is 6.29 Å². The van der Waals surface area contributed by atoms with Crippen molar-refractivity contribution in [3.8, 4) is 0 Å². The molecule has 2 nitrogen and oxygen atoms in total. The standard InChI is InChI=1S/C13H16BrNO/c1-9(10-3-4-10)15(2)13-6-5-12(14)7-11(13)8-16/h5-10H,3-4H2,1-2H3. The number of carbonyl (C=O) groups excluding carboxylic acids is 1. The molecule has 86 valence electrons. The summed E-state index contributed by atoms with van der Waals surface area (Å²) < 4.78 is 0.950. The lowest BCUT2D eigenvalue weighted by atomic mass is 10.1. The molecule has 1 fully saturated rings. The monoisotopic (exact) mass is 281 g/mol. The Bertz CT molecular complexity index is 401. The fourth-order valence-electron chi connectivity index (χ4n) is 2.06. The molecular formula is C13H16BrNO. The predicted octanol–water partition coefficient (Wildman–Crippen LogP) is 3.50. The lowest BCUT2D eigenvalue weighted by molar-refractivity contribution is 0.112. The Balaban J connectivity index is 2.27. The van der Waals surface area contributed by atoms with E-state index < -0.39 is 0 Å². The first-order valence-corrected chi connectivity index (χ1v) is 6.40. The molecule has 1 aromatic rings. The average Bonchev–Trinajstić information content (AvgIpc) is 3.10. The van der Waals surface area contributed by atoms with E-state index in [0.29, 0.717) is 6.04 Å². The Morgan fingerprint density at radius 1 is 1.50 bits per heavy atom. The van der Waals surface area contributed by atoms with Gasteiger partial charge in [0.25, 0.3) is 0 Å². The predicted molar refractivity (Wildman–Crippen MR) is 70.1 cm³/mol. The van der Waals surface area contributed by atoms with Gasteiger partial charge in [0, 0.05) is 28.8 Å². The van der Waals surface area contributed by atoms with Crippen LogP contribution in [-0.2, 0) is 0 Å². The van der Waals surface area contributed by atoms with Crippen LogP contribution in [-0.4, -0.2) is 19.4 Å². The lowest BCUT2D eigenvalue weighted by Crippen LogP contribution is -2.31. The highest BCUT2D eigenvalue weighted by atomic mass is 79.9. The molecule has 1 aromatic carbocycles. The highest BCUT2D eigenvalue weighted by Gasteiger charge is 2.31. The van der Waals surface area contributed by atoms with Gasteiger partial charge in [-0.25, -0.2) is 0 Å². The van der Waals surface area contributed by atoms with Crippen molar-refractivity contribution in [3.63, 3.8) is 0 Å². The van der Waals surface area contributed by atoms with Crippen molar-refractivity contribution in [2.45, 2.75) is 25.8 Å². The van der Waals surface area contributed by atoms with E-state index in [-0.39, 0.29) is 0 Å². The molecule has 0 heterocycles. The molecule has 0 N–H and O–H groups in total. The smallest absolute Gasteiger partial charge is 0.152 e. The van der Waals surface area contributed by atoms with Crippen LogP contribution >= 0.6 is 15.9 Å². The molecule has 0 radical (unpaired) electrons. The zero-order valence-corrected chi connectivity index (χ0v) is 11.2. The van der Waals surface area contributed by atoms with Crippen LogP contribution in [0.5, 0.6) is 0 Å². The molecule has 1 aliphatic rings. The van der Waals surface area contributed by atoms with Gasteiger partial charge in [-0.2, -0.15) is 0 Å². The van der Waals surface area contributed by atoms with Gasteiger partial charge < -0.3 is 4.90 Å². The largest absolute Gasteiger partial charge is 0.371 e. The van der Waals surface area contributed by atoms with Crippen LogP contribution in [0, 0.1) is 5.92 Å². The minimum Gasteiger partial charge on any atom is -0.371 e. The molecule has 1 atom stereocenters. The fraction of sp³-hybridized carbons (Fsp3) is 0.462. The van der Waals surface area contributed by atoms with Crippen LogP contribution in [0.25, 0.3) is 0 Å². The van der Waals surface area contributed by atoms with E-state index in [0.717, 1.165) is 27.9 Å². The molecule has 0 bridgehead atoms. The van der Waals surface area contributed by atoms with Crippen molar-refractivity contribution in [1.29, 1.82) is 0 Å². The molecule has 0 amide bonds. The van der Waals surface area contributed by atoms with E-state index in [1.54, 1.807) is 0 Å². The summed E-state index contributed by atoms with van der Waals surface area (Å²) in [6.07, 6.45) is 3.56. The number of carbonyl (C=O) groups is 1. The zero-order valence-electron chi connectivity index (χ0n) is 9.61. The van der Waals surface area contributed by atoms with Gasteiger partial charge in [-0.3, -0.25) is 4.79 Å². The molecule has 1 unspecified atom stereocenters. The van der Waals surface area contributed by atoms with Crippen molar-refractivity contribution < 1.29 is 4.79 Å². The van der Waals surface area contributed by atoms with Crippen LogP contribution in [0.4, 0.5) is 5.69 Å². The minimum absolute atomic E-state index is 0.514. The lowest BCUT2D eigenvalue weighted by Gasteiger charge is -2.28. The third-order valence-electron chi connectivity index (χ3n) is 3.41. The Kier molecular flexibility index (Phi) is 3.33. The number of anilines is 1. The molecule has 3 heteroatoms.